The van der Waals surface area contributed by atoms with Gasteiger partial charge >= 0.3 is 0 Å². The average Bonchev–Trinajstić information content (AvgIpc) is 3.22. The molecule has 2 heterocycles. The van der Waals surface area contributed by atoms with Gasteiger partial charge in [-0.1, -0.05) is 13.8 Å². The molecule has 5 nitrogen and oxygen atoms in total. The van der Waals surface area contributed by atoms with Gasteiger partial charge in [0.05, 0.1) is 0 Å². The summed E-state index contributed by atoms with van der Waals surface area (Å²) >= 11 is 0. The topological polar surface area (TPSA) is 47.0 Å². The monoisotopic (exact) mass is 393 g/mol. The van der Waals surface area contributed by atoms with E-state index in [2.05, 4.69) is 47.9 Å². The minimum absolute atomic E-state index is 0.0124. The number of benzene rings is 2. The first kappa shape index (κ1) is 19.8. The van der Waals surface area contributed by atoms with Crippen LogP contribution in [0.25, 0.3) is 0 Å². The fourth-order valence-corrected chi connectivity index (χ4v) is 4.73. The maximum atomic E-state index is 12.9. The van der Waals surface area contributed by atoms with Crippen molar-refractivity contribution < 1.29 is 9.90 Å². The largest absolute Gasteiger partial charge is 0.508 e. The summed E-state index contributed by atoms with van der Waals surface area (Å²) in [7, 11) is 0. The molecule has 0 aromatic heterocycles. The minimum Gasteiger partial charge on any atom is -0.508 e. The first-order valence-corrected chi connectivity index (χ1v) is 10.8. The molecule has 1 fully saturated rings. The van der Waals surface area contributed by atoms with Gasteiger partial charge in [-0.3, -0.25) is 9.69 Å². The smallest absolute Gasteiger partial charge is 0.258 e. The Balaban J connectivity index is 1.45. The van der Waals surface area contributed by atoms with Crippen LogP contribution in [0.15, 0.2) is 42.5 Å². The molecule has 2 aromatic carbocycles. The highest BCUT2D eigenvalue weighted by atomic mass is 16.3. The second-order valence-corrected chi connectivity index (χ2v) is 8.08. The Morgan fingerprint density at radius 1 is 1.07 bits per heavy atom. The lowest BCUT2D eigenvalue weighted by Gasteiger charge is -2.29. The Kier molecular flexibility index (Phi) is 5.76. The zero-order chi connectivity index (χ0) is 20.4. The normalized spacial score (nSPS) is 19.1. The van der Waals surface area contributed by atoms with E-state index in [1.165, 1.54) is 25.1 Å². The zero-order valence-electron chi connectivity index (χ0n) is 17.5. The van der Waals surface area contributed by atoms with Gasteiger partial charge in [-0.25, -0.2) is 0 Å². The molecule has 0 saturated carbocycles. The van der Waals surface area contributed by atoms with Gasteiger partial charge < -0.3 is 14.9 Å². The van der Waals surface area contributed by atoms with E-state index in [9.17, 15) is 9.90 Å². The van der Waals surface area contributed by atoms with E-state index in [-0.39, 0.29) is 11.7 Å². The Bertz CT molecular complexity index is 865. The fraction of sp³-hybridized carbons (Fsp3) is 0.458. The standard InChI is InChI=1S/C24H31N3O2/c1-3-13-25(4-2)21-12-14-26(17-21)19-5-7-20(8-6-19)27-15-11-18-16-22(28)9-10-23(18)24(27)29/h5-10,16,21,28H,3-4,11-15,17H2,1-2H3. The summed E-state index contributed by atoms with van der Waals surface area (Å²) in [4.78, 5) is 19.8. The number of fused-ring (bicyclic) bond motifs is 1. The molecule has 2 aromatic rings. The highest BCUT2D eigenvalue weighted by molar-refractivity contribution is 6.08. The molecule has 1 amide bonds. The van der Waals surface area contributed by atoms with Crippen molar-refractivity contribution in [3.63, 3.8) is 0 Å². The second-order valence-electron chi connectivity index (χ2n) is 8.08. The van der Waals surface area contributed by atoms with Crippen molar-refractivity contribution in [2.75, 3.05) is 42.5 Å². The highest BCUT2D eigenvalue weighted by Gasteiger charge is 2.28. The molecule has 154 valence electrons. The molecule has 29 heavy (non-hydrogen) atoms. The second kappa shape index (κ2) is 8.46. The van der Waals surface area contributed by atoms with Crippen LogP contribution < -0.4 is 9.80 Å². The van der Waals surface area contributed by atoms with Crippen molar-refractivity contribution in [2.45, 2.75) is 39.2 Å². The molecule has 0 radical (unpaired) electrons. The van der Waals surface area contributed by atoms with E-state index in [4.69, 9.17) is 0 Å². The van der Waals surface area contributed by atoms with Crippen molar-refractivity contribution in [3.8, 4) is 5.75 Å². The lowest BCUT2D eigenvalue weighted by Crippen LogP contribution is -2.38. The summed E-state index contributed by atoms with van der Waals surface area (Å²) in [5.41, 5.74) is 3.79. The highest BCUT2D eigenvalue weighted by Crippen LogP contribution is 2.30. The van der Waals surface area contributed by atoms with E-state index in [0.717, 1.165) is 37.3 Å². The van der Waals surface area contributed by atoms with Gasteiger partial charge in [0, 0.05) is 42.6 Å². The number of likely N-dealkylation sites (N-methyl/N-ethyl adjacent to an activating group) is 1. The first-order chi connectivity index (χ1) is 14.1. The molecule has 1 N–H and O–H groups in total. The molecule has 1 saturated heterocycles. The number of carbonyl (C=O) groups is 1. The van der Waals surface area contributed by atoms with E-state index in [0.29, 0.717) is 18.2 Å². The average molecular weight is 394 g/mol. The molecule has 5 heteroatoms. The van der Waals surface area contributed by atoms with Crippen LogP contribution in [-0.4, -0.2) is 54.7 Å². The van der Waals surface area contributed by atoms with Crippen LogP contribution in [0.3, 0.4) is 0 Å². The first-order valence-electron chi connectivity index (χ1n) is 10.8. The van der Waals surface area contributed by atoms with Crippen LogP contribution in [0.2, 0.25) is 0 Å². The maximum absolute atomic E-state index is 12.9. The predicted octanol–water partition coefficient (Wildman–Crippen LogP) is 3.91. The van der Waals surface area contributed by atoms with Gasteiger partial charge in [-0.2, -0.15) is 0 Å². The number of nitrogens with zero attached hydrogens (tertiary/aromatic N) is 3. The van der Waals surface area contributed by atoms with Crippen LogP contribution in [0.5, 0.6) is 5.75 Å². The molecule has 0 bridgehead atoms. The van der Waals surface area contributed by atoms with Crippen molar-refractivity contribution in [3.05, 3.63) is 53.6 Å². The number of rotatable bonds is 6. The van der Waals surface area contributed by atoms with Gasteiger partial charge in [0.15, 0.2) is 0 Å². The fourth-order valence-electron chi connectivity index (χ4n) is 4.73. The molecule has 1 unspecified atom stereocenters. The van der Waals surface area contributed by atoms with Crippen LogP contribution in [0.4, 0.5) is 11.4 Å². The SMILES string of the molecule is CCCN(CC)C1CCN(c2ccc(N3CCc4cc(O)ccc4C3=O)cc2)C1. The molecule has 1 atom stereocenters. The number of amides is 1. The van der Waals surface area contributed by atoms with Crippen molar-refractivity contribution in [1.82, 2.24) is 4.90 Å². The van der Waals surface area contributed by atoms with Crippen molar-refractivity contribution >= 4 is 17.3 Å². The Hall–Kier alpha value is -2.53. The lowest BCUT2D eigenvalue weighted by atomic mass is 9.98. The third-order valence-electron chi connectivity index (χ3n) is 6.29. The zero-order valence-corrected chi connectivity index (χ0v) is 17.5. The summed E-state index contributed by atoms with van der Waals surface area (Å²) in [6.45, 7) is 9.59. The summed E-state index contributed by atoms with van der Waals surface area (Å²) in [5.74, 6) is 0.234. The van der Waals surface area contributed by atoms with Crippen LogP contribution in [0, 0.1) is 0 Å². The van der Waals surface area contributed by atoms with E-state index in [1.54, 1.807) is 18.2 Å². The van der Waals surface area contributed by atoms with Gasteiger partial charge in [0.1, 0.15) is 5.75 Å². The number of aromatic hydroxyl groups is 1. The molecule has 0 spiro atoms. The number of hydrogen-bond donors (Lipinski definition) is 1. The van der Waals surface area contributed by atoms with Gasteiger partial charge in [0.2, 0.25) is 0 Å². The molecule has 4 rings (SSSR count). The Morgan fingerprint density at radius 3 is 2.55 bits per heavy atom. The molecule has 2 aliphatic rings. The summed E-state index contributed by atoms with van der Waals surface area (Å²) < 4.78 is 0. The number of phenols is 1. The Labute approximate surface area is 173 Å². The molecule has 0 aliphatic carbocycles. The predicted molar refractivity (Wildman–Crippen MR) is 118 cm³/mol. The Morgan fingerprint density at radius 2 is 1.83 bits per heavy atom. The van der Waals surface area contributed by atoms with Crippen LogP contribution in [0.1, 0.15) is 42.6 Å². The van der Waals surface area contributed by atoms with Gasteiger partial charge in [-0.05, 0) is 80.4 Å². The van der Waals surface area contributed by atoms with Gasteiger partial charge in [-0.15, -0.1) is 0 Å². The summed E-state index contributed by atoms with van der Waals surface area (Å²) in [6, 6.07) is 14.1. The number of anilines is 2. The summed E-state index contributed by atoms with van der Waals surface area (Å²) in [5, 5.41) is 9.66. The third kappa shape index (κ3) is 3.97. The van der Waals surface area contributed by atoms with E-state index < -0.39 is 0 Å². The quantitative estimate of drug-likeness (QED) is 0.808. The van der Waals surface area contributed by atoms with Crippen LogP contribution in [-0.2, 0) is 6.42 Å². The number of hydrogen-bond acceptors (Lipinski definition) is 4. The molecular formula is C24H31N3O2. The molecular weight excluding hydrogens is 362 g/mol. The van der Waals surface area contributed by atoms with Crippen molar-refractivity contribution in [2.24, 2.45) is 0 Å². The van der Waals surface area contributed by atoms with Gasteiger partial charge in [0.25, 0.3) is 5.91 Å². The number of carbonyl (C=O) groups excluding carboxylic acids is 1. The molecule has 2 aliphatic heterocycles. The maximum Gasteiger partial charge on any atom is 0.258 e. The minimum atomic E-state index is 0.0124. The number of phenolic OH excluding ortho intramolecular Hbond substituents is 1. The van der Waals surface area contributed by atoms with E-state index in [1.807, 2.05) is 4.90 Å². The van der Waals surface area contributed by atoms with E-state index >= 15 is 0 Å². The van der Waals surface area contributed by atoms with Crippen molar-refractivity contribution in [1.29, 1.82) is 0 Å². The van der Waals surface area contributed by atoms with Crippen LogP contribution >= 0.6 is 0 Å². The third-order valence-corrected chi connectivity index (χ3v) is 6.29. The summed E-state index contributed by atoms with van der Waals surface area (Å²) in [6.07, 6.45) is 3.17. The lowest BCUT2D eigenvalue weighted by molar-refractivity contribution is 0.0980.